The third-order valence-corrected chi connectivity index (χ3v) is 8.26. The molecule has 0 spiro atoms. The molecule has 2 fully saturated rings. The highest BCUT2D eigenvalue weighted by Crippen LogP contribution is 2.59. The van der Waals surface area contributed by atoms with Crippen LogP contribution in [0.15, 0.2) is 10.6 Å². The number of aliphatic carboxylic acids is 1. The number of ether oxygens (including phenoxy) is 1. The van der Waals surface area contributed by atoms with Crippen LogP contribution in [0.5, 0.6) is 0 Å². The van der Waals surface area contributed by atoms with Crippen molar-refractivity contribution >= 4 is 32.7 Å². The van der Waals surface area contributed by atoms with Gasteiger partial charge in [0.25, 0.3) is 0 Å². The van der Waals surface area contributed by atoms with E-state index in [-0.39, 0.29) is 34.4 Å². The van der Waals surface area contributed by atoms with Gasteiger partial charge in [0.2, 0.25) is 5.91 Å². The maximum atomic E-state index is 13.3. The van der Waals surface area contributed by atoms with E-state index in [1.807, 2.05) is 0 Å². The summed E-state index contributed by atoms with van der Waals surface area (Å²) in [6.07, 6.45) is 2.26. The Kier molecular flexibility index (Phi) is 5.57. The van der Waals surface area contributed by atoms with E-state index in [0.717, 1.165) is 19.3 Å². The van der Waals surface area contributed by atoms with E-state index in [1.165, 1.54) is 16.7 Å². The molecule has 0 aromatic heterocycles. The summed E-state index contributed by atoms with van der Waals surface area (Å²) in [7, 11) is -1.42. The number of carbonyl (C=O) groups is 2. The van der Waals surface area contributed by atoms with E-state index >= 15 is 0 Å². The lowest BCUT2D eigenvalue weighted by Gasteiger charge is -2.57. The number of hydrogen-bond donors (Lipinski definition) is 1. The van der Waals surface area contributed by atoms with Crippen LogP contribution in [0.1, 0.15) is 47.0 Å². The van der Waals surface area contributed by atoms with Crippen LogP contribution >= 0.6 is 11.8 Å². The number of β-lactam (4-membered cyclic amide) rings is 1. The van der Waals surface area contributed by atoms with Gasteiger partial charge in [0.1, 0.15) is 11.1 Å². The summed E-state index contributed by atoms with van der Waals surface area (Å²) in [4.78, 5) is 27.4. The standard InChI is InChI=1S/C19H31NO5SSi/c1-7-19(18(2,3)4,25-27(5)6)12-15(21)20-13(17(22)23)14(26-16(12)20)11-9-8-10-24-11/h11-12,16,27H,7-10H2,1-6H3,(H,22,23)/t11-,12+,16-,19-/m1/s1. The molecule has 3 heterocycles. The van der Waals surface area contributed by atoms with Gasteiger partial charge in [0.15, 0.2) is 9.04 Å². The number of hydrogen-bond acceptors (Lipinski definition) is 5. The summed E-state index contributed by atoms with van der Waals surface area (Å²) in [6, 6.07) is 0. The summed E-state index contributed by atoms with van der Waals surface area (Å²) in [5, 5.41) is 9.58. The van der Waals surface area contributed by atoms with Crippen molar-refractivity contribution in [1.29, 1.82) is 0 Å². The Labute approximate surface area is 167 Å². The summed E-state index contributed by atoms with van der Waals surface area (Å²) >= 11 is 1.51. The smallest absolute Gasteiger partial charge is 0.353 e. The minimum absolute atomic E-state index is 0.121. The maximum Gasteiger partial charge on any atom is 0.353 e. The molecule has 2 saturated heterocycles. The van der Waals surface area contributed by atoms with Gasteiger partial charge in [-0.1, -0.05) is 39.5 Å². The normalized spacial score (nSPS) is 30.6. The molecular formula is C19H31NO5SSi. The fourth-order valence-corrected chi connectivity index (χ4v) is 7.94. The van der Waals surface area contributed by atoms with E-state index in [9.17, 15) is 14.7 Å². The van der Waals surface area contributed by atoms with Crippen LogP contribution in [0.25, 0.3) is 0 Å². The first kappa shape index (κ1) is 20.9. The topological polar surface area (TPSA) is 76.1 Å². The van der Waals surface area contributed by atoms with Gasteiger partial charge in [0, 0.05) is 11.5 Å². The molecule has 6 nitrogen and oxygen atoms in total. The molecule has 0 aliphatic carbocycles. The van der Waals surface area contributed by atoms with Crippen molar-refractivity contribution in [1.82, 2.24) is 4.90 Å². The van der Waals surface area contributed by atoms with Crippen molar-refractivity contribution < 1.29 is 23.9 Å². The Bertz CT molecular complexity index is 668. The SMILES string of the molecule is CC[C@@](O[SiH](C)C)([C@H]1C(=O)N2C(C(=O)O)=C([C@H]3CCCO3)S[C@H]12)C(C)(C)C. The third kappa shape index (κ3) is 3.18. The van der Waals surface area contributed by atoms with Crippen LogP contribution in [0, 0.1) is 11.3 Å². The molecule has 0 aromatic carbocycles. The average molecular weight is 414 g/mol. The van der Waals surface area contributed by atoms with Crippen LogP contribution in [0.2, 0.25) is 13.1 Å². The molecule has 0 bridgehead atoms. The highest BCUT2D eigenvalue weighted by atomic mass is 32.2. The molecule has 4 atom stereocenters. The lowest BCUT2D eigenvalue weighted by Crippen LogP contribution is -2.70. The second-order valence-corrected chi connectivity index (χ2v) is 12.4. The first-order chi connectivity index (χ1) is 12.5. The molecule has 3 rings (SSSR count). The molecule has 27 heavy (non-hydrogen) atoms. The Hall–Kier alpha value is -0.833. The number of amides is 1. The van der Waals surface area contributed by atoms with E-state index in [2.05, 4.69) is 40.8 Å². The number of carboxylic acid groups (broad SMARTS) is 1. The molecule has 3 aliphatic rings. The molecule has 152 valence electrons. The van der Waals surface area contributed by atoms with Gasteiger partial charge >= 0.3 is 5.97 Å². The number of nitrogens with zero attached hydrogens (tertiary/aromatic N) is 1. The van der Waals surface area contributed by atoms with E-state index in [4.69, 9.17) is 9.16 Å². The van der Waals surface area contributed by atoms with Gasteiger partial charge in [-0.3, -0.25) is 9.69 Å². The average Bonchev–Trinajstić information content (AvgIpc) is 3.17. The van der Waals surface area contributed by atoms with Crippen molar-refractivity contribution in [2.24, 2.45) is 11.3 Å². The number of carbonyl (C=O) groups excluding carboxylic acids is 1. The predicted molar refractivity (Wildman–Crippen MR) is 108 cm³/mol. The third-order valence-electron chi connectivity index (χ3n) is 5.93. The fourth-order valence-electron chi connectivity index (χ4n) is 4.75. The molecule has 0 unspecified atom stereocenters. The van der Waals surface area contributed by atoms with Crippen molar-refractivity contribution in [3.05, 3.63) is 10.6 Å². The summed E-state index contributed by atoms with van der Waals surface area (Å²) in [6.45, 7) is 13.3. The Morgan fingerprint density at radius 2 is 2.07 bits per heavy atom. The summed E-state index contributed by atoms with van der Waals surface area (Å²) < 4.78 is 12.3. The van der Waals surface area contributed by atoms with Gasteiger partial charge in [-0.05, 0) is 37.8 Å². The molecule has 0 aromatic rings. The largest absolute Gasteiger partial charge is 0.477 e. The highest BCUT2D eigenvalue weighted by Gasteiger charge is 2.66. The van der Waals surface area contributed by atoms with E-state index in [1.54, 1.807) is 0 Å². The minimum atomic E-state index is -1.42. The van der Waals surface area contributed by atoms with Gasteiger partial charge in [0.05, 0.1) is 17.6 Å². The molecule has 3 aliphatic heterocycles. The van der Waals surface area contributed by atoms with Gasteiger partial charge in [-0.25, -0.2) is 4.79 Å². The molecule has 1 N–H and O–H groups in total. The second kappa shape index (κ2) is 7.20. The van der Waals surface area contributed by atoms with Gasteiger partial charge in [-0.2, -0.15) is 0 Å². The Morgan fingerprint density at radius 1 is 1.41 bits per heavy atom. The Balaban J connectivity index is 1.98. The minimum Gasteiger partial charge on any atom is -0.477 e. The lowest BCUT2D eigenvalue weighted by molar-refractivity contribution is -0.177. The molecule has 8 heteroatoms. The fraction of sp³-hybridized carbons (Fsp3) is 0.789. The van der Waals surface area contributed by atoms with Crippen LogP contribution in [0.3, 0.4) is 0 Å². The maximum absolute atomic E-state index is 13.3. The molecule has 0 radical (unpaired) electrons. The monoisotopic (exact) mass is 413 g/mol. The van der Waals surface area contributed by atoms with Crippen LogP contribution in [-0.2, 0) is 18.8 Å². The predicted octanol–water partition coefficient (Wildman–Crippen LogP) is 3.19. The van der Waals surface area contributed by atoms with Crippen molar-refractivity contribution in [3.63, 3.8) is 0 Å². The first-order valence-corrected chi connectivity index (χ1v) is 13.5. The summed E-state index contributed by atoms with van der Waals surface area (Å²) in [5.41, 5.74) is -0.699. The highest BCUT2D eigenvalue weighted by molar-refractivity contribution is 8.04. The molecule has 0 saturated carbocycles. The summed E-state index contributed by atoms with van der Waals surface area (Å²) in [5.74, 6) is -1.50. The first-order valence-electron chi connectivity index (χ1n) is 9.81. The van der Waals surface area contributed by atoms with Gasteiger partial charge in [-0.15, -0.1) is 0 Å². The zero-order chi connectivity index (χ0) is 20.1. The van der Waals surface area contributed by atoms with Crippen LogP contribution in [0.4, 0.5) is 0 Å². The van der Waals surface area contributed by atoms with Crippen molar-refractivity contribution in [2.45, 2.75) is 77.1 Å². The molecule has 1 amide bonds. The molecular weight excluding hydrogens is 382 g/mol. The van der Waals surface area contributed by atoms with Crippen LogP contribution < -0.4 is 0 Å². The van der Waals surface area contributed by atoms with Crippen LogP contribution in [-0.4, -0.2) is 54.6 Å². The Morgan fingerprint density at radius 3 is 2.52 bits per heavy atom. The zero-order valence-corrected chi connectivity index (χ0v) is 19.0. The number of carboxylic acids is 1. The van der Waals surface area contributed by atoms with Crippen molar-refractivity contribution in [2.75, 3.05) is 6.61 Å². The second-order valence-electron chi connectivity index (χ2n) is 8.87. The number of rotatable bonds is 6. The quantitative estimate of drug-likeness (QED) is 0.532. The zero-order valence-electron chi connectivity index (χ0n) is 17.1. The lowest BCUT2D eigenvalue weighted by atomic mass is 9.64. The van der Waals surface area contributed by atoms with Gasteiger partial charge < -0.3 is 14.3 Å². The van der Waals surface area contributed by atoms with E-state index < -0.39 is 20.6 Å². The number of thioether (sulfide) groups is 1. The number of fused-ring (bicyclic) bond motifs is 1. The van der Waals surface area contributed by atoms with E-state index in [0.29, 0.717) is 11.5 Å². The van der Waals surface area contributed by atoms with Crippen molar-refractivity contribution in [3.8, 4) is 0 Å².